The number of hydrogen-bond donors (Lipinski definition) is 1. The maximum absolute atomic E-state index is 12.3. The summed E-state index contributed by atoms with van der Waals surface area (Å²) in [6.07, 6.45) is 0. The van der Waals surface area contributed by atoms with E-state index < -0.39 is 5.91 Å². The van der Waals surface area contributed by atoms with Crippen LogP contribution >= 0.6 is 0 Å². The molecule has 120 valence electrons. The van der Waals surface area contributed by atoms with Crippen LogP contribution in [0.3, 0.4) is 0 Å². The molecule has 5 nitrogen and oxygen atoms in total. The maximum atomic E-state index is 12.3. The van der Waals surface area contributed by atoms with E-state index in [1.807, 2.05) is 37.3 Å². The molecule has 2 amide bonds. The van der Waals surface area contributed by atoms with E-state index in [0.29, 0.717) is 24.4 Å². The molecule has 0 saturated carbocycles. The molecule has 0 aliphatic rings. The number of hydrogen-bond acceptors (Lipinski definition) is 3. The summed E-state index contributed by atoms with van der Waals surface area (Å²) in [5, 5.41) is 0. The first-order chi connectivity index (χ1) is 11.1. The van der Waals surface area contributed by atoms with Crippen LogP contribution in [0.1, 0.15) is 22.8 Å². The molecule has 23 heavy (non-hydrogen) atoms. The second kappa shape index (κ2) is 7.98. The molecule has 0 aromatic heterocycles. The van der Waals surface area contributed by atoms with Crippen molar-refractivity contribution in [3.63, 3.8) is 0 Å². The molecule has 0 fully saturated rings. The average molecular weight is 312 g/mol. The standard InChI is InChI=1S/C18H20N2O3/c1-2-20(12-14-6-4-3-5-7-14)17(21)13-23-16-10-8-15(9-11-16)18(19)22/h3-11H,2,12-13H2,1H3,(H2,19,22). The normalized spacial score (nSPS) is 10.1. The van der Waals surface area contributed by atoms with Crippen molar-refractivity contribution >= 4 is 11.8 Å². The molecule has 0 heterocycles. The summed E-state index contributed by atoms with van der Waals surface area (Å²) in [5.41, 5.74) is 6.66. The highest BCUT2D eigenvalue weighted by Crippen LogP contribution is 2.12. The molecule has 0 bridgehead atoms. The van der Waals surface area contributed by atoms with E-state index in [9.17, 15) is 9.59 Å². The fourth-order valence-corrected chi connectivity index (χ4v) is 2.13. The average Bonchev–Trinajstić information content (AvgIpc) is 2.58. The zero-order valence-corrected chi connectivity index (χ0v) is 13.1. The zero-order chi connectivity index (χ0) is 16.7. The number of ether oxygens (including phenoxy) is 1. The molecule has 0 radical (unpaired) electrons. The van der Waals surface area contributed by atoms with Gasteiger partial charge in [0.1, 0.15) is 5.75 Å². The minimum atomic E-state index is -0.493. The van der Waals surface area contributed by atoms with Gasteiger partial charge in [-0.25, -0.2) is 0 Å². The molecule has 5 heteroatoms. The fraction of sp³-hybridized carbons (Fsp3) is 0.222. The molecule has 0 spiro atoms. The van der Waals surface area contributed by atoms with Gasteiger partial charge in [0.05, 0.1) is 0 Å². The summed E-state index contributed by atoms with van der Waals surface area (Å²) in [6.45, 7) is 3.05. The molecule has 0 aliphatic heterocycles. The maximum Gasteiger partial charge on any atom is 0.260 e. The quantitative estimate of drug-likeness (QED) is 0.852. The predicted molar refractivity (Wildman–Crippen MR) is 88.0 cm³/mol. The summed E-state index contributed by atoms with van der Waals surface area (Å²) >= 11 is 0. The summed E-state index contributed by atoms with van der Waals surface area (Å²) in [4.78, 5) is 25.0. The van der Waals surface area contributed by atoms with Crippen molar-refractivity contribution in [3.8, 4) is 5.75 Å². The third-order valence-electron chi connectivity index (χ3n) is 3.45. The molecule has 2 aromatic rings. The van der Waals surface area contributed by atoms with Crippen molar-refractivity contribution in [2.45, 2.75) is 13.5 Å². The summed E-state index contributed by atoms with van der Waals surface area (Å²) in [6, 6.07) is 16.2. The second-order valence-electron chi connectivity index (χ2n) is 5.07. The van der Waals surface area contributed by atoms with Gasteiger partial charge >= 0.3 is 0 Å². The Morgan fingerprint density at radius 1 is 1.04 bits per heavy atom. The number of carbonyl (C=O) groups excluding carboxylic acids is 2. The van der Waals surface area contributed by atoms with Gasteiger partial charge in [0.2, 0.25) is 5.91 Å². The lowest BCUT2D eigenvalue weighted by molar-refractivity contribution is -0.133. The van der Waals surface area contributed by atoms with Crippen molar-refractivity contribution in [2.75, 3.05) is 13.2 Å². The van der Waals surface area contributed by atoms with Crippen molar-refractivity contribution in [1.82, 2.24) is 4.90 Å². The van der Waals surface area contributed by atoms with Crippen LogP contribution in [-0.2, 0) is 11.3 Å². The minimum Gasteiger partial charge on any atom is -0.484 e. The first-order valence-corrected chi connectivity index (χ1v) is 7.44. The summed E-state index contributed by atoms with van der Waals surface area (Å²) in [7, 11) is 0. The molecular weight excluding hydrogens is 292 g/mol. The van der Waals surface area contributed by atoms with E-state index in [4.69, 9.17) is 10.5 Å². The molecule has 0 saturated heterocycles. The van der Waals surface area contributed by atoms with Crippen LogP contribution in [0, 0.1) is 0 Å². The van der Waals surface area contributed by atoms with E-state index in [0.717, 1.165) is 5.56 Å². The number of primary amides is 1. The fourth-order valence-electron chi connectivity index (χ4n) is 2.13. The number of nitrogens with two attached hydrogens (primary N) is 1. The highest BCUT2D eigenvalue weighted by atomic mass is 16.5. The third kappa shape index (κ3) is 4.85. The monoisotopic (exact) mass is 312 g/mol. The third-order valence-corrected chi connectivity index (χ3v) is 3.45. The Kier molecular flexibility index (Phi) is 5.74. The van der Waals surface area contributed by atoms with E-state index in [-0.39, 0.29) is 12.5 Å². The molecule has 0 atom stereocenters. The lowest BCUT2D eigenvalue weighted by Gasteiger charge is -2.21. The molecule has 2 aromatic carbocycles. The number of benzene rings is 2. The van der Waals surface area contributed by atoms with Crippen LogP contribution in [0.2, 0.25) is 0 Å². The first-order valence-electron chi connectivity index (χ1n) is 7.44. The molecule has 2 rings (SSSR count). The molecular formula is C18H20N2O3. The van der Waals surface area contributed by atoms with Crippen LogP contribution < -0.4 is 10.5 Å². The highest BCUT2D eigenvalue weighted by Gasteiger charge is 2.13. The Morgan fingerprint density at radius 3 is 2.26 bits per heavy atom. The summed E-state index contributed by atoms with van der Waals surface area (Å²) < 4.78 is 5.48. The lowest BCUT2D eigenvalue weighted by Crippen LogP contribution is -2.34. The van der Waals surface area contributed by atoms with Crippen LogP contribution in [-0.4, -0.2) is 29.9 Å². The van der Waals surface area contributed by atoms with Crippen molar-refractivity contribution < 1.29 is 14.3 Å². The van der Waals surface area contributed by atoms with E-state index in [1.54, 1.807) is 29.2 Å². The SMILES string of the molecule is CCN(Cc1ccccc1)C(=O)COc1ccc(C(N)=O)cc1. The number of amides is 2. The van der Waals surface area contributed by atoms with Crippen LogP contribution in [0.5, 0.6) is 5.75 Å². The van der Waals surface area contributed by atoms with E-state index >= 15 is 0 Å². The van der Waals surface area contributed by atoms with Crippen LogP contribution in [0.15, 0.2) is 54.6 Å². The Labute approximate surface area is 135 Å². The smallest absolute Gasteiger partial charge is 0.260 e. The van der Waals surface area contributed by atoms with Crippen LogP contribution in [0.25, 0.3) is 0 Å². The second-order valence-corrected chi connectivity index (χ2v) is 5.07. The topological polar surface area (TPSA) is 72.6 Å². The number of carbonyl (C=O) groups is 2. The van der Waals surface area contributed by atoms with Gasteiger partial charge in [-0.2, -0.15) is 0 Å². The molecule has 0 aliphatic carbocycles. The lowest BCUT2D eigenvalue weighted by atomic mass is 10.2. The predicted octanol–water partition coefficient (Wildman–Crippen LogP) is 2.21. The minimum absolute atomic E-state index is 0.0450. The van der Waals surface area contributed by atoms with Gasteiger partial charge in [-0.15, -0.1) is 0 Å². The largest absolute Gasteiger partial charge is 0.484 e. The van der Waals surface area contributed by atoms with Crippen molar-refractivity contribution in [2.24, 2.45) is 5.73 Å². The molecule has 0 unspecified atom stereocenters. The van der Waals surface area contributed by atoms with Crippen LogP contribution in [0.4, 0.5) is 0 Å². The van der Waals surface area contributed by atoms with Gasteiger partial charge in [-0.3, -0.25) is 9.59 Å². The van der Waals surface area contributed by atoms with Crippen molar-refractivity contribution in [3.05, 3.63) is 65.7 Å². The zero-order valence-electron chi connectivity index (χ0n) is 13.1. The Balaban J connectivity index is 1.90. The summed E-state index contributed by atoms with van der Waals surface area (Å²) in [5.74, 6) is -0.0536. The van der Waals surface area contributed by atoms with Crippen molar-refractivity contribution in [1.29, 1.82) is 0 Å². The number of rotatable bonds is 7. The van der Waals surface area contributed by atoms with E-state index in [2.05, 4.69) is 0 Å². The Hall–Kier alpha value is -2.82. The van der Waals surface area contributed by atoms with Gasteiger partial charge in [-0.05, 0) is 36.8 Å². The van der Waals surface area contributed by atoms with Gasteiger partial charge in [0.15, 0.2) is 6.61 Å². The number of nitrogens with zero attached hydrogens (tertiary/aromatic N) is 1. The molecule has 2 N–H and O–H groups in total. The highest BCUT2D eigenvalue weighted by molar-refractivity contribution is 5.92. The van der Waals surface area contributed by atoms with Gasteiger partial charge in [0.25, 0.3) is 5.91 Å². The van der Waals surface area contributed by atoms with Gasteiger partial charge in [0, 0.05) is 18.7 Å². The number of likely N-dealkylation sites (N-methyl/N-ethyl adjacent to an activating group) is 1. The first kappa shape index (κ1) is 16.5. The van der Waals surface area contributed by atoms with Gasteiger partial charge < -0.3 is 15.4 Å². The Morgan fingerprint density at radius 2 is 1.70 bits per heavy atom. The Bertz CT molecular complexity index is 654. The van der Waals surface area contributed by atoms with Gasteiger partial charge in [-0.1, -0.05) is 30.3 Å². The van der Waals surface area contributed by atoms with E-state index in [1.165, 1.54) is 0 Å².